The van der Waals surface area contributed by atoms with Crippen molar-refractivity contribution in [1.29, 1.82) is 0 Å². The van der Waals surface area contributed by atoms with Gasteiger partial charge < -0.3 is 10.3 Å². The number of H-pyrrole nitrogens is 1. The Hall–Kier alpha value is -1.13. The third-order valence-electron chi connectivity index (χ3n) is 4.24. The highest BCUT2D eigenvalue weighted by Crippen LogP contribution is 2.29. The second-order valence-electron chi connectivity index (χ2n) is 6.19. The van der Waals surface area contributed by atoms with Crippen molar-refractivity contribution in [3.05, 3.63) is 23.8 Å². The highest BCUT2D eigenvalue weighted by molar-refractivity contribution is 5.85. The molecule has 0 aliphatic carbocycles. The molecule has 0 saturated carbocycles. The van der Waals surface area contributed by atoms with Crippen molar-refractivity contribution < 1.29 is 0 Å². The van der Waals surface area contributed by atoms with Gasteiger partial charge in [-0.05, 0) is 38.7 Å². The topological polar surface area (TPSA) is 53.6 Å². The maximum atomic E-state index is 4.88. The highest BCUT2D eigenvalue weighted by Gasteiger charge is 2.26. The van der Waals surface area contributed by atoms with Crippen LogP contribution in [-0.2, 0) is 6.42 Å². The van der Waals surface area contributed by atoms with Gasteiger partial charge in [-0.15, -0.1) is 12.4 Å². The van der Waals surface area contributed by atoms with Crippen LogP contribution in [0.2, 0.25) is 0 Å². The van der Waals surface area contributed by atoms with E-state index < -0.39 is 0 Å². The van der Waals surface area contributed by atoms with Gasteiger partial charge in [0.1, 0.15) is 5.82 Å². The molecule has 5 heteroatoms. The number of nitrogens with zero attached hydrogens (tertiary/aromatic N) is 2. The third-order valence-corrected chi connectivity index (χ3v) is 4.24. The minimum absolute atomic E-state index is 0. The molecular weight excluding hydrogens is 284 g/mol. The Morgan fingerprint density at radius 3 is 2.62 bits per heavy atom. The molecule has 2 unspecified atom stereocenters. The average Bonchev–Trinajstić information content (AvgIpc) is 2.81. The number of aromatic amines is 1. The van der Waals surface area contributed by atoms with Gasteiger partial charge in [-0.2, -0.15) is 0 Å². The number of aromatic nitrogens is 3. The summed E-state index contributed by atoms with van der Waals surface area (Å²) in [6.07, 6.45) is 8.52. The molecule has 21 heavy (non-hydrogen) atoms. The maximum Gasteiger partial charge on any atom is 0.132 e. The number of rotatable bonds is 3. The highest BCUT2D eigenvalue weighted by atomic mass is 35.5. The second kappa shape index (κ2) is 6.75. The Labute approximate surface area is 132 Å². The first-order valence-electron chi connectivity index (χ1n) is 7.76. The fraction of sp³-hybridized carbons (Fsp3) is 0.625. The second-order valence-corrected chi connectivity index (χ2v) is 6.19. The normalized spacial score (nSPS) is 25.8. The molecule has 2 atom stereocenters. The average molecular weight is 309 g/mol. The van der Waals surface area contributed by atoms with Crippen molar-refractivity contribution in [2.75, 3.05) is 0 Å². The quantitative estimate of drug-likeness (QED) is 0.911. The van der Waals surface area contributed by atoms with E-state index >= 15 is 0 Å². The van der Waals surface area contributed by atoms with Crippen molar-refractivity contribution in [3.63, 3.8) is 0 Å². The van der Waals surface area contributed by atoms with Crippen LogP contribution < -0.4 is 5.32 Å². The van der Waals surface area contributed by atoms with Crippen LogP contribution in [0, 0.1) is 0 Å². The fourth-order valence-electron chi connectivity index (χ4n) is 3.42. The summed E-state index contributed by atoms with van der Waals surface area (Å²) in [5.74, 6) is 1.50. The van der Waals surface area contributed by atoms with Crippen LogP contribution in [0.5, 0.6) is 0 Å². The summed E-state index contributed by atoms with van der Waals surface area (Å²) < 4.78 is 0. The summed E-state index contributed by atoms with van der Waals surface area (Å²) in [6, 6.07) is 1.09. The van der Waals surface area contributed by atoms with Crippen LogP contribution >= 0.6 is 12.4 Å². The smallest absolute Gasteiger partial charge is 0.132 e. The summed E-state index contributed by atoms with van der Waals surface area (Å²) in [5, 5.41) is 3.58. The fourth-order valence-corrected chi connectivity index (χ4v) is 3.42. The molecule has 0 amide bonds. The Kier molecular flexibility index (Phi) is 5.22. The molecule has 116 valence electrons. The van der Waals surface area contributed by atoms with E-state index in [9.17, 15) is 0 Å². The Balaban J connectivity index is 0.00000161. The van der Waals surface area contributed by atoms with Crippen LogP contribution in [0.15, 0.2) is 12.4 Å². The van der Waals surface area contributed by atoms with Gasteiger partial charge >= 0.3 is 0 Å². The van der Waals surface area contributed by atoms with Crippen molar-refractivity contribution in [3.8, 4) is 0 Å². The Bertz CT molecular complexity index is 585. The van der Waals surface area contributed by atoms with E-state index in [1.807, 2.05) is 6.20 Å². The zero-order valence-corrected chi connectivity index (χ0v) is 13.8. The van der Waals surface area contributed by atoms with Gasteiger partial charge in [0.05, 0.1) is 17.2 Å². The Morgan fingerprint density at radius 2 is 1.95 bits per heavy atom. The molecule has 2 aromatic heterocycles. The minimum Gasteiger partial charge on any atom is -0.358 e. The number of nitrogens with one attached hydrogen (secondary N) is 2. The monoisotopic (exact) mass is 308 g/mol. The molecule has 1 aliphatic heterocycles. The van der Waals surface area contributed by atoms with Crippen molar-refractivity contribution in [2.45, 2.75) is 64.5 Å². The molecule has 1 saturated heterocycles. The van der Waals surface area contributed by atoms with E-state index in [1.54, 1.807) is 0 Å². The molecule has 0 aromatic carbocycles. The van der Waals surface area contributed by atoms with E-state index in [0.29, 0.717) is 18.0 Å². The summed E-state index contributed by atoms with van der Waals surface area (Å²) in [6.45, 7) is 6.71. The van der Waals surface area contributed by atoms with Crippen LogP contribution in [0.4, 0.5) is 0 Å². The summed E-state index contributed by atoms with van der Waals surface area (Å²) >= 11 is 0. The van der Waals surface area contributed by atoms with E-state index in [2.05, 4.69) is 42.3 Å². The lowest BCUT2D eigenvalue weighted by molar-refractivity contribution is 0.310. The Morgan fingerprint density at radius 1 is 1.24 bits per heavy atom. The lowest BCUT2D eigenvalue weighted by atomic mass is 9.88. The van der Waals surface area contributed by atoms with Gasteiger partial charge in [-0.3, -0.25) is 0 Å². The molecule has 0 radical (unpaired) electrons. The van der Waals surface area contributed by atoms with Crippen LogP contribution in [0.25, 0.3) is 11.0 Å². The molecule has 0 bridgehead atoms. The third kappa shape index (κ3) is 3.38. The number of piperidine rings is 1. The molecule has 2 N–H and O–H groups in total. The lowest BCUT2D eigenvalue weighted by Gasteiger charge is -2.32. The SMILES string of the molecule is CCCc1c[nH]c2cnc(C3CC(C)NC(C)C3)nc12.Cl. The first-order chi connectivity index (χ1) is 9.67. The molecule has 2 aromatic rings. The standard InChI is InChI=1S/C16H24N4.ClH/c1-4-5-12-8-17-14-9-18-16(20-15(12)14)13-6-10(2)19-11(3)7-13;/h8-11,13,17,19H,4-7H2,1-3H3;1H. The zero-order chi connectivity index (χ0) is 14.1. The largest absolute Gasteiger partial charge is 0.358 e. The van der Waals surface area contributed by atoms with E-state index in [4.69, 9.17) is 4.98 Å². The van der Waals surface area contributed by atoms with E-state index in [0.717, 1.165) is 42.5 Å². The zero-order valence-electron chi connectivity index (χ0n) is 13.0. The molecule has 0 spiro atoms. The molecule has 1 fully saturated rings. The molecule has 3 rings (SSSR count). The number of fused-ring (bicyclic) bond motifs is 1. The first kappa shape index (κ1) is 16.2. The van der Waals surface area contributed by atoms with Gasteiger partial charge in [0.2, 0.25) is 0 Å². The number of halogens is 1. The van der Waals surface area contributed by atoms with Gasteiger partial charge in [0, 0.05) is 24.2 Å². The molecule has 1 aliphatic rings. The summed E-state index contributed by atoms with van der Waals surface area (Å²) in [4.78, 5) is 12.8. The number of hydrogen-bond donors (Lipinski definition) is 2. The molecular formula is C16H25ClN4. The van der Waals surface area contributed by atoms with Crippen LogP contribution in [0.1, 0.15) is 57.3 Å². The predicted octanol–water partition coefficient (Wildman–Crippen LogP) is 3.58. The first-order valence-corrected chi connectivity index (χ1v) is 7.76. The molecule has 3 heterocycles. The van der Waals surface area contributed by atoms with Gasteiger partial charge in [0.25, 0.3) is 0 Å². The summed E-state index contributed by atoms with van der Waals surface area (Å²) in [7, 11) is 0. The van der Waals surface area contributed by atoms with E-state index in [-0.39, 0.29) is 12.4 Å². The van der Waals surface area contributed by atoms with Gasteiger partial charge in [0.15, 0.2) is 0 Å². The number of aryl methyl sites for hydroxylation is 1. The number of hydrogen-bond acceptors (Lipinski definition) is 3. The maximum absolute atomic E-state index is 4.88. The van der Waals surface area contributed by atoms with Crippen LogP contribution in [-0.4, -0.2) is 27.0 Å². The lowest BCUT2D eigenvalue weighted by Crippen LogP contribution is -2.41. The van der Waals surface area contributed by atoms with Crippen molar-refractivity contribution >= 4 is 23.4 Å². The van der Waals surface area contributed by atoms with Gasteiger partial charge in [-0.25, -0.2) is 9.97 Å². The van der Waals surface area contributed by atoms with Gasteiger partial charge in [-0.1, -0.05) is 13.3 Å². The van der Waals surface area contributed by atoms with Crippen LogP contribution in [0.3, 0.4) is 0 Å². The summed E-state index contributed by atoms with van der Waals surface area (Å²) in [5.41, 5.74) is 3.50. The van der Waals surface area contributed by atoms with E-state index in [1.165, 1.54) is 5.56 Å². The van der Waals surface area contributed by atoms with Crippen molar-refractivity contribution in [2.24, 2.45) is 0 Å². The van der Waals surface area contributed by atoms with Crippen molar-refractivity contribution in [1.82, 2.24) is 20.3 Å². The minimum atomic E-state index is 0. The molecule has 4 nitrogen and oxygen atoms in total. The predicted molar refractivity (Wildman–Crippen MR) is 89.2 cm³/mol.